The number of nitrogens with zero attached hydrogens (tertiary/aromatic N) is 1. The quantitative estimate of drug-likeness (QED) is 0.389. The molecule has 1 aromatic heterocycles. The highest BCUT2D eigenvalue weighted by Gasteiger charge is 2.50. The minimum absolute atomic E-state index is 0.114. The number of halogens is 1. The molecule has 22 heavy (non-hydrogen) atoms. The van der Waals surface area contributed by atoms with Crippen molar-refractivity contribution >= 4 is 13.7 Å². The summed E-state index contributed by atoms with van der Waals surface area (Å²) in [6.07, 6.45) is -3.40. The lowest BCUT2D eigenvalue weighted by atomic mass is 10.1. The normalized spacial score (nSPS) is 28.7. The summed E-state index contributed by atoms with van der Waals surface area (Å²) >= 11 is 0. The summed E-state index contributed by atoms with van der Waals surface area (Å²) in [6.45, 7) is -0.682. The predicted molar refractivity (Wildman–Crippen MR) is 68.0 cm³/mol. The Labute approximate surface area is 124 Å². The van der Waals surface area contributed by atoms with E-state index in [9.17, 15) is 18.9 Å². The molecule has 122 valence electrons. The summed E-state index contributed by atoms with van der Waals surface area (Å²) in [7, 11) is -4.76. The monoisotopic (exact) mass is 337 g/mol. The second-order valence-corrected chi connectivity index (χ2v) is 5.93. The van der Waals surface area contributed by atoms with Gasteiger partial charge in [-0.1, -0.05) is 0 Å². The lowest BCUT2D eigenvalue weighted by Gasteiger charge is -2.13. The van der Waals surface area contributed by atoms with E-state index >= 15 is 0 Å². The molecular formula is C11H15FN2O7P+. The van der Waals surface area contributed by atoms with Gasteiger partial charge in [0.25, 0.3) is 12.1 Å². The number of aromatic nitrogens is 1. The van der Waals surface area contributed by atoms with Gasteiger partial charge in [0.2, 0.25) is 6.17 Å². The molecule has 2 rings (SSSR count). The Hall–Kier alpha value is -1.42. The number of carbonyl (C=O) groups is 1. The summed E-state index contributed by atoms with van der Waals surface area (Å²) in [4.78, 5) is 28.3. The number of phosphoric ester groups is 1. The number of hydrogen-bond acceptors (Lipinski definition) is 5. The Morgan fingerprint density at radius 1 is 1.55 bits per heavy atom. The summed E-state index contributed by atoms with van der Waals surface area (Å²) in [5.74, 6) is -0.718. The molecule has 9 nitrogen and oxygen atoms in total. The van der Waals surface area contributed by atoms with Crippen molar-refractivity contribution in [1.82, 2.24) is 0 Å². The van der Waals surface area contributed by atoms with Crippen LogP contribution in [-0.4, -0.2) is 45.8 Å². The zero-order valence-electron chi connectivity index (χ0n) is 11.2. The van der Waals surface area contributed by atoms with Crippen LogP contribution >= 0.6 is 7.82 Å². The van der Waals surface area contributed by atoms with Crippen LogP contribution in [0.3, 0.4) is 0 Å². The van der Waals surface area contributed by atoms with Crippen molar-refractivity contribution in [3.8, 4) is 0 Å². The van der Waals surface area contributed by atoms with Crippen LogP contribution in [0, 0.1) is 0 Å². The highest BCUT2D eigenvalue weighted by Crippen LogP contribution is 2.38. The molecule has 5 N–H and O–H groups in total. The maximum atomic E-state index is 14.1. The second-order valence-electron chi connectivity index (χ2n) is 4.69. The van der Waals surface area contributed by atoms with Crippen molar-refractivity contribution in [2.75, 3.05) is 6.61 Å². The number of ether oxygens (including phenoxy) is 1. The van der Waals surface area contributed by atoms with E-state index in [0.717, 1.165) is 0 Å². The molecule has 1 aliphatic heterocycles. The number of amides is 1. The number of pyridine rings is 1. The van der Waals surface area contributed by atoms with Gasteiger partial charge in [0.1, 0.15) is 17.8 Å². The van der Waals surface area contributed by atoms with E-state index in [1.165, 1.54) is 29.1 Å². The van der Waals surface area contributed by atoms with Gasteiger partial charge in [0.05, 0.1) is 6.61 Å². The lowest BCUT2D eigenvalue weighted by Crippen LogP contribution is -2.45. The number of primary amides is 1. The average Bonchev–Trinajstić information content (AvgIpc) is 2.72. The fourth-order valence-corrected chi connectivity index (χ4v) is 2.39. The Kier molecular flexibility index (Phi) is 4.90. The van der Waals surface area contributed by atoms with Crippen LogP contribution in [-0.2, 0) is 13.8 Å². The maximum absolute atomic E-state index is 14.1. The number of rotatable bonds is 5. The van der Waals surface area contributed by atoms with Crippen molar-refractivity contribution in [2.24, 2.45) is 5.73 Å². The molecule has 0 radical (unpaired) electrons. The molecule has 1 aliphatic rings. The third-order valence-corrected chi connectivity index (χ3v) is 3.59. The number of carbonyl (C=O) groups excluding carboxylic acids is 1. The van der Waals surface area contributed by atoms with Crippen molar-refractivity contribution in [3.05, 3.63) is 30.1 Å². The number of alkyl halides is 1. The molecule has 1 amide bonds. The zero-order chi connectivity index (χ0) is 16.5. The summed E-state index contributed by atoms with van der Waals surface area (Å²) < 4.78 is 35.4. The van der Waals surface area contributed by atoms with E-state index in [-0.39, 0.29) is 5.56 Å². The van der Waals surface area contributed by atoms with Crippen LogP contribution in [0.5, 0.6) is 0 Å². The smallest absolute Gasteiger partial charge is 0.387 e. The molecule has 2 unspecified atom stereocenters. The fourth-order valence-electron chi connectivity index (χ4n) is 2.05. The zero-order valence-corrected chi connectivity index (χ0v) is 12.0. The van der Waals surface area contributed by atoms with E-state index < -0.39 is 44.9 Å². The minimum atomic E-state index is -4.76. The molecule has 0 bridgehead atoms. The van der Waals surface area contributed by atoms with E-state index in [0.29, 0.717) is 0 Å². The lowest BCUT2D eigenvalue weighted by molar-refractivity contribution is -0.764. The molecule has 11 heteroatoms. The Morgan fingerprint density at radius 2 is 2.23 bits per heavy atom. The molecule has 0 aliphatic carbocycles. The van der Waals surface area contributed by atoms with Gasteiger partial charge in [-0.2, -0.15) is 4.57 Å². The largest absolute Gasteiger partial charge is 0.469 e. The third kappa shape index (κ3) is 3.86. The van der Waals surface area contributed by atoms with Crippen LogP contribution < -0.4 is 10.3 Å². The third-order valence-electron chi connectivity index (χ3n) is 3.10. The second kappa shape index (κ2) is 6.37. The standard InChI is InChI=1S/C11H14FN2O7P/c12-8-9(15)7(5-20-22(17,18)19)21-11(8)14-3-1-2-6(4-14)10(13)16/h1-4,7-9,11,15H,5H2,(H3-,13,16,17,18,19)/p+1/t7?,8-,9-,11?/m1/s1. The van der Waals surface area contributed by atoms with Crippen molar-refractivity contribution in [3.63, 3.8) is 0 Å². The molecule has 2 heterocycles. The topological polar surface area (TPSA) is 143 Å². The summed E-state index contributed by atoms with van der Waals surface area (Å²) in [5, 5.41) is 9.73. The summed E-state index contributed by atoms with van der Waals surface area (Å²) in [6, 6.07) is 2.87. The first-order chi connectivity index (χ1) is 10.2. The van der Waals surface area contributed by atoms with E-state index in [4.69, 9.17) is 20.3 Å². The average molecular weight is 337 g/mol. The molecule has 1 aromatic rings. The Balaban J connectivity index is 2.14. The van der Waals surface area contributed by atoms with Gasteiger partial charge in [-0.3, -0.25) is 9.32 Å². The van der Waals surface area contributed by atoms with Gasteiger partial charge in [0.15, 0.2) is 12.4 Å². The fraction of sp³-hybridized carbons (Fsp3) is 0.455. The molecule has 0 aromatic carbocycles. The maximum Gasteiger partial charge on any atom is 0.469 e. The van der Waals surface area contributed by atoms with Gasteiger partial charge < -0.3 is 25.4 Å². The SMILES string of the molecule is NC(=O)c1ccc[n+](C2OC(COP(=O)(O)O)[C@@H](O)[C@H]2F)c1. The molecule has 4 atom stereocenters. The highest BCUT2D eigenvalue weighted by molar-refractivity contribution is 7.46. The molecule has 1 saturated heterocycles. The van der Waals surface area contributed by atoms with Gasteiger partial charge in [-0.15, -0.1) is 0 Å². The van der Waals surface area contributed by atoms with E-state index in [2.05, 4.69) is 4.52 Å². The van der Waals surface area contributed by atoms with E-state index in [1.54, 1.807) is 0 Å². The van der Waals surface area contributed by atoms with Gasteiger partial charge in [-0.25, -0.2) is 8.96 Å². The first kappa shape index (κ1) is 16.9. The Bertz CT molecular complexity index is 610. The predicted octanol–water partition coefficient (Wildman–Crippen LogP) is -1.22. The highest BCUT2D eigenvalue weighted by atomic mass is 31.2. The molecule has 1 fully saturated rings. The Morgan fingerprint density at radius 3 is 2.82 bits per heavy atom. The minimum Gasteiger partial charge on any atom is -0.387 e. The van der Waals surface area contributed by atoms with Crippen LogP contribution in [0.4, 0.5) is 4.39 Å². The van der Waals surface area contributed by atoms with Crippen LogP contribution in [0.15, 0.2) is 24.5 Å². The molecular weight excluding hydrogens is 322 g/mol. The van der Waals surface area contributed by atoms with Crippen LogP contribution in [0.25, 0.3) is 0 Å². The number of phosphoric acid groups is 1. The van der Waals surface area contributed by atoms with Crippen molar-refractivity contribution in [2.45, 2.75) is 24.6 Å². The first-order valence-corrected chi connectivity index (χ1v) is 7.70. The van der Waals surface area contributed by atoms with Gasteiger partial charge in [0, 0.05) is 6.07 Å². The number of aliphatic hydroxyl groups excluding tert-OH is 1. The van der Waals surface area contributed by atoms with Gasteiger partial charge in [-0.05, 0) is 6.07 Å². The molecule has 0 saturated carbocycles. The number of hydrogen-bond donors (Lipinski definition) is 4. The first-order valence-electron chi connectivity index (χ1n) is 6.17. The molecule has 0 spiro atoms. The van der Waals surface area contributed by atoms with Crippen molar-refractivity contribution in [1.29, 1.82) is 0 Å². The number of aliphatic hydroxyl groups is 1. The van der Waals surface area contributed by atoms with E-state index in [1.807, 2.05) is 0 Å². The van der Waals surface area contributed by atoms with Crippen LogP contribution in [0.1, 0.15) is 16.6 Å². The van der Waals surface area contributed by atoms with Crippen LogP contribution in [0.2, 0.25) is 0 Å². The number of nitrogens with two attached hydrogens (primary N) is 1. The van der Waals surface area contributed by atoms with Crippen molar-refractivity contribution < 1.29 is 42.5 Å². The summed E-state index contributed by atoms with van der Waals surface area (Å²) in [5.41, 5.74) is 5.24. The van der Waals surface area contributed by atoms with Gasteiger partial charge >= 0.3 is 7.82 Å².